The number of rotatable bonds is 3. The summed E-state index contributed by atoms with van der Waals surface area (Å²) < 4.78 is 2.12. The van der Waals surface area contributed by atoms with Crippen molar-refractivity contribution in [3.05, 3.63) is 40.7 Å². The van der Waals surface area contributed by atoms with Crippen LogP contribution in [0, 0.1) is 6.92 Å². The van der Waals surface area contributed by atoms with Crippen molar-refractivity contribution in [3.8, 4) is 11.4 Å². The zero-order valence-corrected chi connectivity index (χ0v) is 11.0. The van der Waals surface area contributed by atoms with Gasteiger partial charge in [0.15, 0.2) is 0 Å². The van der Waals surface area contributed by atoms with Crippen LogP contribution in [-0.4, -0.2) is 16.6 Å². The van der Waals surface area contributed by atoms with Crippen molar-refractivity contribution in [2.24, 2.45) is 7.05 Å². The molecule has 1 aromatic heterocycles. The summed E-state index contributed by atoms with van der Waals surface area (Å²) in [6.45, 7) is 2.86. The first-order valence-electron chi connectivity index (χ1n) is 5.56. The molecular weight excluding hydrogens is 234 g/mol. The predicted molar refractivity (Wildman–Crippen MR) is 71.2 cm³/mol. The van der Waals surface area contributed by atoms with E-state index in [2.05, 4.69) is 14.9 Å². The Hall–Kier alpha value is -1.32. The molecule has 2 aromatic rings. The number of aromatic nitrogens is 2. The lowest BCUT2D eigenvalue weighted by Crippen LogP contribution is -2.10. The second-order valence-corrected chi connectivity index (χ2v) is 4.50. The highest BCUT2D eigenvalue weighted by atomic mass is 35.5. The average molecular weight is 250 g/mol. The minimum Gasteiger partial charge on any atom is -0.330 e. The highest BCUT2D eigenvalue weighted by Gasteiger charge is 2.11. The van der Waals surface area contributed by atoms with Crippen LogP contribution in [0.2, 0.25) is 5.02 Å². The smallest absolute Gasteiger partial charge is 0.140 e. The highest BCUT2D eigenvalue weighted by molar-refractivity contribution is 6.30. The van der Waals surface area contributed by atoms with Crippen LogP contribution in [0.25, 0.3) is 11.4 Å². The summed E-state index contributed by atoms with van der Waals surface area (Å²) in [5.41, 5.74) is 3.35. The second kappa shape index (κ2) is 4.90. The summed E-state index contributed by atoms with van der Waals surface area (Å²) in [6.07, 6.45) is 0. The molecule has 1 heterocycles. The molecule has 0 saturated heterocycles. The topological polar surface area (TPSA) is 29.9 Å². The van der Waals surface area contributed by atoms with Crippen molar-refractivity contribution in [1.82, 2.24) is 14.9 Å². The molecule has 0 saturated carbocycles. The summed E-state index contributed by atoms with van der Waals surface area (Å²) in [5.74, 6) is 0.976. The number of imidazole rings is 1. The van der Waals surface area contributed by atoms with Gasteiger partial charge in [0, 0.05) is 24.2 Å². The average Bonchev–Trinajstić information content (AvgIpc) is 2.59. The summed E-state index contributed by atoms with van der Waals surface area (Å²) >= 11 is 5.89. The zero-order chi connectivity index (χ0) is 12.4. The summed E-state index contributed by atoms with van der Waals surface area (Å²) in [5, 5.41) is 3.90. The van der Waals surface area contributed by atoms with Gasteiger partial charge in [0.1, 0.15) is 5.82 Å². The van der Waals surface area contributed by atoms with Gasteiger partial charge >= 0.3 is 0 Å². The number of hydrogen-bond acceptors (Lipinski definition) is 2. The number of nitrogens with zero attached hydrogens (tertiary/aromatic N) is 2. The lowest BCUT2D eigenvalue weighted by atomic mass is 10.2. The Bertz CT molecular complexity index is 514. The SMILES string of the molecule is CNCc1c(C)nc(-c2ccc(Cl)cc2)n1C. The van der Waals surface area contributed by atoms with E-state index in [1.165, 1.54) is 5.69 Å². The summed E-state index contributed by atoms with van der Waals surface area (Å²) in [6, 6.07) is 7.76. The van der Waals surface area contributed by atoms with Gasteiger partial charge in [-0.2, -0.15) is 0 Å². The number of halogens is 1. The fourth-order valence-corrected chi connectivity index (χ4v) is 2.07. The van der Waals surface area contributed by atoms with Crippen molar-refractivity contribution >= 4 is 11.6 Å². The fourth-order valence-electron chi connectivity index (χ4n) is 1.94. The molecule has 0 unspecified atom stereocenters. The molecule has 4 heteroatoms. The molecule has 0 bridgehead atoms. The molecule has 17 heavy (non-hydrogen) atoms. The van der Waals surface area contributed by atoms with E-state index in [0.29, 0.717) is 0 Å². The van der Waals surface area contributed by atoms with Crippen LogP contribution < -0.4 is 5.32 Å². The Morgan fingerprint density at radius 3 is 2.53 bits per heavy atom. The molecule has 0 aliphatic rings. The van der Waals surface area contributed by atoms with Crippen LogP contribution in [0.15, 0.2) is 24.3 Å². The highest BCUT2D eigenvalue weighted by Crippen LogP contribution is 2.22. The normalized spacial score (nSPS) is 10.8. The minimum absolute atomic E-state index is 0.745. The third-order valence-electron chi connectivity index (χ3n) is 2.86. The lowest BCUT2D eigenvalue weighted by Gasteiger charge is -2.06. The molecule has 1 aromatic carbocycles. The van der Waals surface area contributed by atoms with Gasteiger partial charge in [0.2, 0.25) is 0 Å². The Labute approximate surface area is 106 Å². The van der Waals surface area contributed by atoms with E-state index < -0.39 is 0 Å². The molecule has 2 rings (SSSR count). The maximum Gasteiger partial charge on any atom is 0.140 e. The van der Waals surface area contributed by atoms with Crippen molar-refractivity contribution < 1.29 is 0 Å². The first-order valence-corrected chi connectivity index (χ1v) is 5.94. The van der Waals surface area contributed by atoms with Gasteiger partial charge in [0.05, 0.1) is 11.4 Å². The molecular formula is C13H16ClN3. The Kier molecular flexibility index (Phi) is 3.50. The monoisotopic (exact) mass is 249 g/mol. The summed E-state index contributed by atoms with van der Waals surface area (Å²) in [7, 11) is 3.98. The van der Waals surface area contributed by atoms with Gasteiger partial charge in [0.25, 0.3) is 0 Å². The molecule has 0 radical (unpaired) electrons. The van der Waals surface area contributed by atoms with Gasteiger partial charge in [-0.1, -0.05) is 11.6 Å². The number of benzene rings is 1. The zero-order valence-electron chi connectivity index (χ0n) is 10.3. The number of aryl methyl sites for hydroxylation is 1. The number of nitrogens with one attached hydrogen (secondary N) is 1. The molecule has 0 atom stereocenters. The largest absolute Gasteiger partial charge is 0.330 e. The quantitative estimate of drug-likeness (QED) is 0.907. The van der Waals surface area contributed by atoms with Gasteiger partial charge in [-0.3, -0.25) is 0 Å². The van der Waals surface area contributed by atoms with Crippen LogP contribution in [0.3, 0.4) is 0 Å². The van der Waals surface area contributed by atoms with E-state index in [0.717, 1.165) is 28.6 Å². The standard InChI is InChI=1S/C13H16ClN3/c1-9-12(8-15-2)17(3)13(16-9)10-4-6-11(14)7-5-10/h4-7,15H,8H2,1-3H3. The van der Waals surface area contributed by atoms with Crippen molar-refractivity contribution in [3.63, 3.8) is 0 Å². The van der Waals surface area contributed by atoms with Gasteiger partial charge in [-0.05, 0) is 38.2 Å². The fraction of sp³-hybridized carbons (Fsp3) is 0.308. The maximum absolute atomic E-state index is 5.89. The van der Waals surface area contributed by atoms with Crippen LogP contribution in [0.5, 0.6) is 0 Å². The van der Waals surface area contributed by atoms with E-state index in [1.54, 1.807) is 0 Å². The molecule has 0 fully saturated rings. The van der Waals surface area contributed by atoms with Crippen molar-refractivity contribution in [2.75, 3.05) is 7.05 Å². The van der Waals surface area contributed by atoms with Gasteiger partial charge in [-0.15, -0.1) is 0 Å². The molecule has 3 nitrogen and oxygen atoms in total. The Morgan fingerprint density at radius 1 is 1.29 bits per heavy atom. The summed E-state index contributed by atoms with van der Waals surface area (Å²) in [4.78, 5) is 4.61. The van der Waals surface area contributed by atoms with E-state index >= 15 is 0 Å². The molecule has 90 valence electrons. The first kappa shape index (κ1) is 12.1. The third kappa shape index (κ3) is 2.35. The van der Waals surface area contributed by atoms with Gasteiger partial charge < -0.3 is 9.88 Å². The Balaban J connectivity index is 2.46. The van der Waals surface area contributed by atoms with E-state index in [1.807, 2.05) is 45.3 Å². The van der Waals surface area contributed by atoms with E-state index in [9.17, 15) is 0 Å². The van der Waals surface area contributed by atoms with Crippen LogP contribution >= 0.6 is 11.6 Å². The van der Waals surface area contributed by atoms with Crippen molar-refractivity contribution in [2.45, 2.75) is 13.5 Å². The second-order valence-electron chi connectivity index (χ2n) is 4.06. The van der Waals surface area contributed by atoms with E-state index in [4.69, 9.17) is 11.6 Å². The van der Waals surface area contributed by atoms with Crippen LogP contribution in [0.4, 0.5) is 0 Å². The van der Waals surface area contributed by atoms with Crippen LogP contribution in [0.1, 0.15) is 11.4 Å². The Morgan fingerprint density at radius 2 is 1.94 bits per heavy atom. The van der Waals surface area contributed by atoms with Crippen LogP contribution in [-0.2, 0) is 13.6 Å². The lowest BCUT2D eigenvalue weighted by molar-refractivity contribution is 0.732. The molecule has 0 aliphatic carbocycles. The van der Waals surface area contributed by atoms with Crippen molar-refractivity contribution in [1.29, 1.82) is 0 Å². The molecule has 0 spiro atoms. The minimum atomic E-state index is 0.745. The third-order valence-corrected chi connectivity index (χ3v) is 3.11. The van der Waals surface area contributed by atoms with E-state index in [-0.39, 0.29) is 0 Å². The maximum atomic E-state index is 5.89. The number of hydrogen-bond donors (Lipinski definition) is 1. The molecule has 0 amide bonds. The predicted octanol–water partition coefficient (Wildman–Crippen LogP) is 2.77. The van der Waals surface area contributed by atoms with Gasteiger partial charge in [-0.25, -0.2) is 4.98 Å². The molecule has 1 N–H and O–H groups in total. The molecule has 0 aliphatic heterocycles. The first-order chi connectivity index (χ1) is 8.13.